The van der Waals surface area contributed by atoms with Crippen molar-refractivity contribution in [3.05, 3.63) is 60.0 Å². The van der Waals surface area contributed by atoms with E-state index in [1.165, 1.54) is 0 Å². The van der Waals surface area contributed by atoms with Gasteiger partial charge in [-0.3, -0.25) is 4.79 Å². The van der Waals surface area contributed by atoms with E-state index in [0.29, 0.717) is 5.57 Å². The Balaban J connectivity index is 2.12. The van der Waals surface area contributed by atoms with Crippen LogP contribution in [0.25, 0.3) is 11.6 Å². The maximum Gasteiger partial charge on any atom is 0.256 e. The van der Waals surface area contributed by atoms with Gasteiger partial charge in [-0.15, -0.1) is 0 Å². The van der Waals surface area contributed by atoms with Crippen LogP contribution in [0.4, 0.5) is 5.69 Å². The number of carbonyl (C=O) groups is 1. The summed E-state index contributed by atoms with van der Waals surface area (Å²) in [7, 11) is 0. The molecule has 5 heteroatoms. The van der Waals surface area contributed by atoms with E-state index in [1.54, 1.807) is 0 Å². The zero-order chi connectivity index (χ0) is 14.3. The quantitative estimate of drug-likeness (QED) is 0.414. The molecule has 0 radical (unpaired) electrons. The minimum absolute atomic E-state index is 0.0573. The Morgan fingerprint density at radius 3 is 2.45 bits per heavy atom. The van der Waals surface area contributed by atoms with Gasteiger partial charge in [0.1, 0.15) is 0 Å². The molecule has 0 spiro atoms. The van der Waals surface area contributed by atoms with Crippen molar-refractivity contribution in [2.45, 2.75) is 0 Å². The Morgan fingerprint density at radius 1 is 1.05 bits per heavy atom. The van der Waals surface area contributed by atoms with E-state index in [9.17, 15) is 4.79 Å². The van der Waals surface area contributed by atoms with Crippen LogP contribution in [0, 0.1) is 3.57 Å². The lowest BCUT2D eigenvalue weighted by molar-refractivity contribution is -0.110. The smallest absolute Gasteiger partial charge is 0.256 e. The van der Waals surface area contributed by atoms with Gasteiger partial charge in [0, 0.05) is 29.3 Å². The molecule has 0 bridgehead atoms. The molecule has 2 aromatic carbocycles. The molecule has 2 nitrogen and oxygen atoms in total. The van der Waals surface area contributed by atoms with E-state index >= 15 is 0 Å². The normalized spacial score (nSPS) is 15.3. The molecule has 0 unspecified atom stereocenters. The highest BCUT2D eigenvalue weighted by Crippen LogP contribution is 2.34. The standard InChI is InChI=1S/C15H8Br2INO/c16-9-3-8(4-10(17)6-9)5-13-12-7-11(18)1-2-14(12)19-15(13)20/h1-7H,(H,19,20). The number of amides is 1. The van der Waals surface area contributed by atoms with Crippen molar-refractivity contribution in [1.29, 1.82) is 0 Å². The van der Waals surface area contributed by atoms with Crippen LogP contribution in [0.15, 0.2) is 45.3 Å². The molecule has 1 aliphatic rings. The van der Waals surface area contributed by atoms with Crippen LogP contribution in [0.2, 0.25) is 0 Å². The summed E-state index contributed by atoms with van der Waals surface area (Å²) in [5.74, 6) is -0.0573. The second kappa shape index (κ2) is 5.61. The molecule has 0 atom stereocenters. The van der Waals surface area contributed by atoms with Gasteiger partial charge in [-0.05, 0) is 70.6 Å². The summed E-state index contributed by atoms with van der Waals surface area (Å²) < 4.78 is 3.05. The molecule has 100 valence electrons. The molecule has 1 N–H and O–H groups in total. The maximum absolute atomic E-state index is 12.1. The lowest BCUT2D eigenvalue weighted by atomic mass is 10.0. The van der Waals surface area contributed by atoms with Gasteiger partial charge in [-0.2, -0.15) is 0 Å². The van der Waals surface area contributed by atoms with Gasteiger partial charge in [0.2, 0.25) is 0 Å². The van der Waals surface area contributed by atoms with Crippen LogP contribution in [-0.4, -0.2) is 5.91 Å². The van der Waals surface area contributed by atoms with Crippen LogP contribution in [0.1, 0.15) is 11.1 Å². The van der Waals surface area contributed by atoms with Crippen molar-refractivity contribution in [3.63, 3.8) is 0 Å². The monoisotopic (exact) mass is 503 g/mol. The summed E-state index contributed by atoms with van der Waals surface area (Å²) in [6, 6.07) is 11.9. The van der Waals surface area contributed by atoms with E-state index in [1.807, 2.05) is 42.5 Å². The maximum atomic E-state index is 12.1. The number of rotatable bonds is 1. The average molecular weight is 505 g/mol. The van der Waals surface area contributed by atoms with Gasteiger partial charge in [0.25, 0.3) is 5.91 Å². The highest BCUT2D eigenvalue weighted by Gasteiger charge is 2.24. The first-order valence-corrected chi connectivity index (χ1v) is 8.48. The zero-order valence-corrected chi connectivity index (χ0v) is 15.4. The number of nitrogens with one attached hydrogen (secondary N) is 1. The van der Waals surface area contributed by atoms with E-state index in [4.69, 9.17) is 0 Å². The van der Waals surface area contributed by atoms with Crippen molar-refractivity contribution >= 4 is 77.7 Å². The Labute approximate surface area is 147 Å². The van der Waals surface area contributed by atoms with Gasteiger partial charge in [0.15, 0.2) is 0 Å². The van der Waals surface area contributed by atoms with Crippen molar-refractivity contribution in [2.75, 3.05) is 5.32 Å². The minimum Gasteiger partial charge on any atom is -0.321 e. The molecule has 0 saturated heterocycles. The summed E-state index contributed by atoms with van der Waals surface area (Å²) in [5.41, 5.74) is 3.50. The van der Waals surface area contributed by atoms with Crippen molar-refractivity contribution < 1.29 is 4.79 Å². The van der Waals surface area contributed by atoms with Crippen LogP contribution < -0.4 is 5.32 Å². The number of hydrogen-bond donors (Lipinski definition) is 1. The fourth-order valence-corrected chi connectivity index (χ4v) is 3.95. The van der Waals surface area contributed by atoms with Crippen LogP contribution in [-0.2, 0) is 4.79 Å². The molecular formula is C15H8Br2INO. The lowest BCUT2D eigenvalue weighted by Crippen LogP contribution is -2.03. The molecule has 0 saturated carbocycles. The largest absolute Gasteiger partial charge is 0.321 e. The van der Waals surface area contributed by atoms with Crippen LogP contribution >= 0.6 is 54.5 Å². The van der Waals surface area contributed by atoms with Crippen LogP contribution in [0.5, 0.6) is 0 Å². The predicted octanol–water partition coefficient (Wildman–Crippen LogP) is 5.31. The number of carbonyl (C=O) groups excluding carboxylic acids is 1. The molecule has 1 aliphatic heterocycles. The van der Waals surface area contributed by atoms with Gasteiger partial charge >= 0.3 is 0 Å². The number of fused-ring (bicyclic) bond motifs is 1. The van der Waals surface area contributed by atoms with Crippen molar-refractivity contribution in [1.82, 2.24) is 0 Å². The van der Waals surface area contributed by atoms with Gasteiger partial charge in [0.05, 0.1) is 0 Å². The predicted molar refractivity (Wildman–Crippen MR) is 97.5 cm³/mol. The third-order valence-electron chi connectivity index (χ3n) is 2.96. The first-order valence-electron chi connectivity index (χ1n) is 5.82. The van der Waals surface area contributed by atoms with E-state index in [2.05, 4.69) is 59.8 Å². The summed E-state index contributed by atoms with van der Waals surface area (Å²) in [5, 5.41) is 2.89. The Morgan fingerprint density at radius 2 is 1.75 bits per heavy atom. The molecule has 2 aromatic rings. The highest BCUT2D eigenvalue weighted by atomic mass is 127. The number of hydrogen-bond acceptors (Lipinski definition) is 1. The van der Waals surface area contributed by atoms with E-state index in [-0.39, 0.29) is 5.91 Å². The summed E-state index contributed by atoms with van der Waals surface area (Å²) >= 11 is 9.17. The number of halogens is 3. The first-order chi connectivity index (χ1) is 9.52. The first kappa shape index (κ1) is 14.3. The summed E-state index contributed by atoms with van der Waals surface area (Å²) in [4.78, 5) is 12.1. The highest BCUT2D eigenvalue weighted by molar-refractivity contribution is 14.1. The topological polar surface area (TPSA) is 29.1 Å². The van der Waals surface area contributed by atoms with Crippen LogP contribution in [0.3, 0.4) is 0 Å². The molecule has 20 heavy (non-hydrogen) atoms. The Hall–Kier alpha value is -0.660. The third-order valence-corrected chi connectivity index (χ3v) is 4.55. The second-order valence-electron chi connectivity index (χ2n) is 4.40. The third kappa shape index (κ3) is 2.84. The fraction of sp³-hybridized carbons (Fsp3) is 0. The Bertz CT molecular complexity index is 735. The van der Waals surface area contributed by atoms with Gasteiger partial charge < -0.3 is 5.32 Å². The fourth-order valence-electron chi connectivity index (χ4n) is 2.13. The number of benzene rings is 2. The van der Waals surface area contributed by atoms with E-state index in [0.717, 1.165) is 29.3 Å². The summed E-state index contributed by atoms with van der Waals surface area (Å²) in [6.45, 7) is 0. The summed E-state index contributed by atoms with van der Waals surface area (Å²) in [6.07, 6.45) is 1.91. The second-order valence-corrected chi connectivity index (χ2v) is 7.48. The molecule has 0 fully saturated rings. The molecule has 0 aliphatic carbocycles. The van der Waals surface area contributed by atoms with E-state index < -0.39 is 0 Å². The van der Waals surface area contributed by atoms with Gasteiger partial charge in [-0.25, -0.2) is 0 Å². The Kier molecular flexibility index (Phi) is 4.01. The van der Waals surface area contributed by atoms with Crippen molar-refractivity contribution in [2.24, 2.45) is 0 Å². The lowest BCUT2D eigenvalue weighted by Gasteiger charge is -2.01. The number of anilines is 1. The molecule has 3 rings (SSSR count). The molecule has 1 amide bonds. The van der Waals surface area contributed by atoms with Crippen molar-refractivity contribution in [3.8, 4) is 0 Å². The average Bonchev–Trinajstić information content (AvgIpc) is 2.65. The zero-order valence-electron chi connectivity index (χ0n) is 10.1. The SMILES string of the molecule is O=C1Nc2ccc(I)cc2C1=Cc1cc(Br)cc(Br)c1. The van der Waals surface area contributed by atoms with Gasteiger partial charge in [-0.1, -0.05) is 31.9 Å². The minimum atomic E-state index is -0.0573. The molecule has 1 heterocycles. The molecule has 0 aromatic heterocycles. The molecular weight excluding hydrogens is 497 g/mol.